The quantitative estimate of drug-likeness (QED) is 0.827. The number of carbonyl (C=O) groups is 1. The predicted molar refractivity (Wildman–Crippen MR) is 78.3 cm³/mol. The molecular weight excluding hydrogens is 296 g/mol. The lowest BCUT2D eigenvalue weighted by atomic mass is 10.2. The molecule has 1 N–H and O–H groups in total. The van der Waals surface area contributed by atoms with Gasteiger partial charge in [0.1, 0.15) is 5.75 Å². The van der Waals surface area contributed by atoms with Crippen molar-refractivity contribution in [3.63, 3.8) is 0 Å². The Morgan fingerprint density at radius 2 is 2.14 bits per heavy atom. The normalized spacial score (nSPS) is 11.0. The molecular formula is C15H13F2NO2S. The third-order valence-electron chi connectivity index (χ3n) is 2.61. The van der Waals surface area contributed by atoms with E-state index in [1.165, 1.54) is 23.5 Å². The number of thiophene rings is 1. The minimum Gasteiger partial charge on any atom is -0.434 e. The number of ether oxygens (including phenoxy) is 1. The lowest BCUT2D eigenvalue weighted by molar-refractivity contribution is -0.116. The highest BCUT2D eigenvalue weighted by atomic mass is 32.1. The van der Waals surface area contributed by atoms with E-state index in [2.05, 4.69) is 10.1 Å². The van der Waals surface area contributed by atoms with Crippen LogP contribution in [0, 0.1) is 0 Å². The fraction of sp³-hybridized carbons (Fsp3) is 0.133. The number of benzene rings is 1. The van der Waals surface area contributed by atoms with E-state index >= 15 is 0 Å². The van der Waals surface area contributed by atoms with E-state index < -0.39 is 6.61 Å². The van der Waals surface area contributed by atoms with E-state index in [4.69, 9.17) is 0 Å². The molecule has 2 aromatic rings. The topological polar surface area (TPSA) is 38.3 Å². The molecule has 6 heteroatoms. The molecule has 0 spiro atoms. The highest BCUT2D eigenvalue weighted by Gasteiger charge is 2.09. The van der Waals surface area contributed by atoms with Crippen LogP contribution < -0.4 is 10.1 Å². The maximum atomic E-state index is 12.3. The predicted octanol–water partition coefficient (Wildman–Crippen LogP) is 3.68. The van der Waals surface area contributed by atoms with E-state index in [-0.39, 0.29) is 18.2 Å². The molecule has 1 heterocycles. The number of halogens is 2. The third kappa shape index (κ3) is 5.00. The highest BCUT2D eigenvalue weighted by molar-refractivity contribution is 7.08. The smallest absolute Gasteiger partial charge is 0.387 e. The SMILES string of the molecule is O=C(/C=C/c1ccsc1)NCc1ccccc1OC(F)F. The van der Waals surface area contributed by atoms with Crippen LogP contribution in [0.3, 0.4) is 0 Å². The van der Waals surface area contributed by atoms with Gasteiger partial charge in [-0.25, -0.2) is 0 Å². The Bertz CT molecular complexity index is 612. The van der Waals surface area contributed by atoms with Gasteiger partial charge in [-0.05, 0) is 34.5 Å². The molecule has 0 aliphatic heterocycles. The molecule has 0 bridgehead atoms. The number of carbonyl (C=O) groups excluding carboxylic acids is 1. The summed E-state index contributed by atoms with van der Waals surface area (Å²) in [7, 11) is 0. The highest BCUT2D eigenvalue weighted by Crippen LogP contribution is 2.19. The molecule has 0 unspecified atom stereocenters. The second-order valence-electron chi connectivity index (χ2n) is 4.09. The van der Waals surface area contributed by atoms with Gasteiger partial charge >= 0.3 is 6.61 Å². The summed E-state index contributed by atoms with van der Waals surface area (Å²) in [6, 6.07) is 8.25. The molecule has 0 aliphatic carbocycles. The molecule has 1 amide bonds. The molecule has 0 fully saturated rings. The fourth-order valence-electron chi connectivity index (χ4n) is 1.64. The van der Waals surface area contributed by atoms with Gasteiger partial charge in [0.2, 0.25) is 5.91 Å². The first-order chi connectivity index (χ1) is 10.1. The summed E-state index contributed by atoms with van der Waals surface area (Å²) in [6.45, 7) is -2.77. The Hall–Kier alpha value is -2.21. The maximum absolute atomic E-state index is 12.3. The molecule has 0 atom stereocenters. The number of para-hydroxylation sites is 1. The van der Waals surface area contributed by atoms with Crippen molar-refractivity contribution in [1.29, 1.82) is 0 Å². The minimum atomic E-state index is -2.89. The number of amides is 1. The summed E-state index contributed by atoms with van der Waals surface area (Å²) in [4.78, 5) is 11.7. The lowest BCUT2D eigenvalue weighted by Gasteiger charge is -2.10. The van der Waals surface area contributed by atoms with Crippen molar-refractivity contribution in [3.8, 4) is 5.75 Å². The van der Waals surface area contributed by atoms with Crippen molar-refractivity contribution in [2.45, 2.75) is 13.2 Å². The Balaban J connectivity index is 1.92. The summed E-state index contributed by atoms with van der Waals surface area (Å²) in [6.07, 6.45) is 3.09. The van der Waals surface area contributed by atoms with Crippen LogP contribution in [0.5, 0.6) is 5.75 Å². The van der Waals surface area contributed by atoms with Gasteiger partial charge in [0.15, 0.2) is 0 Å². The molecule has 21 heavy (non-hydrogen) atoms. The summed E-state index contributed by atoms with van der Waals surface area (Å²) in [5.41, 5.74) is 1.44. The molecule has 1 aromatic heterocycles. The van der Waals surface area contributed by atoms with E-state index in [1.54, 1.807) is 24.3 Å². The summed E-state index contributed by atoms with van der Waals surface area (Å²) in [5.74, 6) is -0.234. The van der Waals surface area contributed by atoms with Crippen LogP contribution in [-0.4, -0.2) is 12.5 Å². The van der Waals surface area contributed by atoms with Crippen LogP contribution in [0.25, 0.3) is 6.08 Å². The average Bonchev–Trinajstić information content (AvgIpc) is 2.97. The monoisotopic (exact) mass is 309 g/mol. The summed E-state index contributed by atoms with van der Waals surface area (Å²) in [5, 5.41) is 6.45. The Morgan fingerprint density at radius 3 is 2.86 bits per heavy atom. The van der Waals surface area contributed by atoms with Gasteiger partial charge in [-0.1, -0.05) is 18.2 Å². The zero-order valence-corrected chi connectivity index (χ0v) is 11.8. The number of nitrogens with one attached hydrogen (secondary N) is 1. The van der Waals surface area contributed by atoms with Gasteiger partial charge in [-0.3, -0.25) is 4.79 Å². The van der Waals surface area contributed by atoms with Gasteiger partial charge in [0, 0.05) is 18.2 Å². The first-order valence-electron chi connectivity index (χ1n) is 6.16. The van der Waals surface area contributed by atoms with Crippen LogP contribution in [0.4, 0.5) is 8.78 Å². The van der Waals surface area contributed by atoms with Gasteiger partial charge in [0.25, 0.3) is 0 Å². The van der Waals surface area contributed by atoms with Crippen LogP contribution >= 0.6 is 11.3 Å². The fourth-order valence-corrected chi connectivity index (χ4v) is 2.27. The minimum absolute atomic E-state index is 0.0645. The maximum Gasteiger partial charge on any atom is 0.387 e. The number of hydrogen-bond donors (Lipinski definition) is 1. The van der Waals surface area contributed by atoms with Gasteiger partial charge in [-0.15, -0.1) is 0 Å². The van der Waals surface area contributed by atoms with Crippen LogP contribution in [0.15, 0.2) is 47.2 Å². The Morgan fingerprint density at radius 1 is 1.33 bits per heavy atom. The second-order valence-corrected chi connectivity index (χ2v) is 4.87. The molecule has 0 saturated carbocycles. The van der Waals surface area contributed by atoms with Crippen molar-refractivity contribution in [2.24, 2.45) is 0 Å². The standard InChI is InChI=1S/C15H13F2NO2S/c16-15(17)20-13-4-2-1-3-12(13)9-18-14(19)6-5-11-7-8-21-10-11/h1-8,10,15H,9H2,(H,18,19)/b6-5+. The van der Waals surface area contributed by atoms with Crippen molar-refractivity contribution in [2.75, 3.05) is 0 Å². The molecule has 0 radical (unpaired) electrons. The Kier molecular flexibility index (Phi) is 5.45. The average molecular weight is 309 g/mol. The molecule has 110 valence electrons. The molecule has 0 saturated heterocycles. The van der Waals surface area contributed by atoms with E-state index in [1.807, 2.05) is 16.8 Å². The molecule has 2 rings (SSSR count). The van der Waals surface area contributed by atoms with Crippen LogP contribution in [0.1, 0.15) is 11.1 Å². The number of hydrogen-bond acceptors (Lipinski definition) is 3. The Labute approximate surface area is 124 Å². The largest absolute Gasteiger partial charge is 0.434 e. The zero-order chi connectivity index (χ0) is 15.1. The van der Waals surface area contributed by atoms with Crippen LogP contribution in [-0.2, 0) is 11.3 Å². The summed E-state index contributed by atoms with van der Waals surface area (Å²) >= 11 is 1.54. The van der Waals surface area contributed by atoms with Gasteiger partial charge < -0.3 is 10.1 Å². The summed E-state index contributed by atoms with van der Waals surface area (Å²) < 4.78 is 28.9. The first kappa shape index (κ1) is 15.2. The van der Waals surface area contributed by atoms with Crippen molar-refractivity contribution < 1.29 is 18.3 Å². The number of rotatable bonds is 6. The number of alkyl halides is 2. The lowest BCUT2D eigenvalue weighted by Crippen LogP contribution is -2.21. The van der Waals surface area contributed by atoms with Crippen LogP contribution in [0.2, 0.25) is 0 Å². The van der Waals surface area contributed by atoms with Gasteiger partial charge in [-0.2, -0.15) is 20.1 Å². The van der Waals surface area contributed by atoms with Crippen molar-refractivity contribution >= 4 is 23.3 Å². The second kappa shape index (κ2) is 7.54. The van der Waals surface area contributed by atoms with E-state index in [9.17, 15) is 13.6 Å². The first-order valence-corrected chi connectivity index (χ1v) is 7.10. The molecule has 3 nitrogen and oxygen atoms in total. The van der Waals surface area contributed by atoms with Crippen molar-refractivity contribution in [3.05, 3.63) is 58.3 Å². The molecule has 1 aromatic carbocycles. The zero-order valence-electron chi connectivity index (χ0n) is 11.0. The molecule has 0 aliphatic rings. The van der Waals surface area contributed by atoms with Crippen molar-refractivity contribution in [1.82, 2.24) is 5.32 Å². The van der Waals surface area contributed by atoms with E-state index in [0.29, 0.717) is 5.56 Å². The van der Waals surface area contributed by atoms with Gasteiger partial charge in [0.05, 0.1) is 0 Å². The third-order valence-corrected chi connectivity index (χ3v) is 3.31. The van der Waals surface area contributed by atoms with E-state index in [0.717, 1.165) is 5.56 Å².